The molecular weight excluding hydrogens is 423 g/mol. The molecule has 0 radical (unpaired) electrons. The number of rotatable bonds is 6. The number of carbonyl (C=O) groups excluding carboxylic acids is 1. The van der Waals surface area contributed by atoms with Crippen LogP contribution in [0, 0.1) is 5.82 Å². The number of halogens is 5. The summed E-state index contributed by atoms with van der Waals surface area (Å²) in [7, 11) is 0. The summed E-state index contributed by atoms with van der Waals surface area (Å²) in [6.07, 6.45) is -4.56. The summed E-state index contributed by atoms with van der Waals surface area (Å²) in [5.74, 6) is -0.534. The predicted molar refractivity (Wildman–Crippen MR) is 103 cm³/mol. The van der Waals surface area contributed by atoms with Gasteiger partial charge in [-0.05, 0) is 56.8 Å². The zero-order valence-electron chi connectivity index (χ0n) is 17.4. The number of alkyl halides is 4. The van der Waals surface area contributed by atoms with Crippen LogP contribution >= 0.6 is 0 Å². The Hall–Kier alpha value is -2.10. The van der Waals surface area contributed by atoms with Gasteiger partial charge in [-0.2, -0.15) is 13.2 Å². The van der Waals surface area contributed by atoms with Crippen LogP contribution in [0.25, 0.3) is 0 Å². The van der Waals surface area contributed by atoms with Crippen LogP contribution in [0.5, 0.6) is 5.75 Å². The van der Waals surface area contributed by atoms with Crippen LogP contribution < -0.4 is 4.74 Å². The quantitative estimate of drug-likeness (QED) is 0.590. The SMILES string of the molecule is CC(OC(=O)N1CCC2(CCCN2Cc2ccc(F)c(OCCF)c2)CC1)C(F)(F)F. The minimum atomic E-state index is -4.59. The first-order chi connectivity index (χ1) is 14.6. The van der Waals surface area contributed by atoms with Gasteiger partial charge in [-0.1, -0.05) is 6.07 Å². The number of nitrogens with zero attached hydrogens (tertiary/aromatic N) is 2. The van der Waals surface area contributed by atoms with E-state index in [4.69, 9.17) is 4.74 Å². The Kier molecular flexibility index (Phi) is 7.28. The number of ether oxygens (including phenoxy) is 2. The average Bonchev–Trinajstić information content (AvgIpc) is 3.09. The third-order valence-electron chi connectivity index (χ3n) is 6.14. The van der Waals surface area contributed by atoms with Crippen LogP contribution in [0.1, 0.15) is 38.2 Å². The van der Waals surface area contributed by atoms with Crippen molar-refractivity contribution in [1.82, 2.24) is 9.80 Å². The Morgan fingerprint density at radius 3 is 2.55 bits per heavy atom. The molecule has 0 aliphatic carbocycles. The summed E-state index contributed by atoms with van der Waals surface area (Å²) in [6, 6.07) is 4.53. The number of likely N-dealkylation sites (tertiary alicyclic amines) is 2. The molecule has 1 unspecified atom stereocenters. The predicted octanol–water partition coefficient (Wildman–Crippen LogP) is 4.69. The third-order valence-corrected chi connectivity index (χ3v) is 6.14. The Balaban J connectivity index is 1.60. The molecule has 5 nitrogen and oxygen atoms in total. The Morgan fingerprint density at radius 2 is 1.90 bits per heavy atom. The summed E-state index contributed by atoms with van der Waals surface area (Å²) in [6.45, 7) is 1.89. The topological polar surface area (TPSA) is 42.0 Å². The van der Waals surface area contributed by atoms with Gasteiger partial charge in [0.05, 0.1) is 0 Å². The highest BCUT2D eigenvalue weighted by atomic mass is 19.4. The molecule has 1 spiro atoms. The molecule has 174 valence electrons. The van der Waals surface area contributed by atoms with Gasteiger partial charge in [0.25, 0.3) is 0 Å². The Morgan fingerprint density at radius 1 is 1.19 bits per heavy atom. The van der Waals surface area contributed by atoms with Gasteiger partial charge < -0.3 is 14.4 Å². The van der Waals surface area contributed by atoms with Gasteiger partial charge in [0.1, 0.15) is 13.3 Å². The van der Waals surface area contributed by atoms with E-state index in [1.165, 1.54) is 11.0 Å². The van der Waals surface area contributed by atoms with Crippen molar-refractivity contribution in [3.63, 3.8) is 0 Å². The van der Waals surface area contributed by atoms with Gasteiger partial charge >= 0.3 is 12.3 Å². The van der Waals surface area contributed by atoms with Gasteiger partial charge in [0.15, 0.2) is 17.7 Å². The maximum Gasteiger partial charge on any atom is 0.425 e. The van der Waals surface area contributed by atoms with Gasteiger partial charge in [-0.25, -0.2) is 13.6 Å². The fourth-order valence-corrected chi connectivity index (χ4v) is 4.33. The maximum absolute atomic E-state index is 13.9. The van der Waals surface area contributed by atoms with E-state index in [9.17, 15) is 26.7 Å². The van der Waals surface area contributed by atoms with Crippen molar-refractivity contribution in [2.24, 2.45) is 0 Å². The molecule has 1 amide bonds. The molecule has 0 N–H and O–H groups in total. The largest absolute Gasteiger partial charge is 0.488 e. The lowest BCUT2D eigenvalue weighted by atomic mass is 9.85. The molecule has 2 aliphatic heterocycles. The second-order valence-corrected chi connectivity index (χ2v) is 8.11. The Labute approximate surface area is 178 Å². The maximum atomic E-state index is 13.9. The molecule has 2 heterocycles. The minimum Gasteiger partial charge on any atom is -0.488 e. The molecule has 0 saturated carbocycles. The molecule has 31 heavy (non-hydrogen) atoms. The molecule has 2 aliphatic rings. The second-order valence-electron chi connectivity index (χ2n) is 8.11. The molecule has 10 heteroatoms. The monoisotopic (exact) mass is 450 g/mol. The van der Waals surface area contributed by atoms with E-state index >= 15 is 0 Å². The highest BCUT2D eigenvalue weighted by Gasteiger charge is 2.45. The fraction of sp³-hybridized carbons (Fsp3) is 0.667. The van der Waals surface area contributed by atoms with E-state index in [1.807, 2.05) is 0 Å². The average molecular weight is 450 g/mol. The van der Waals surface area contributed by atoms with Crippen LogP contribution in [-0.2, 0) is 11.3 Å². The molecule has 2 saturated heterocycles. The number of amides is 1. The molecule has 0 bridgehead atoms. The fourth-order valence-electron chi connectivity index (χ4n) is 4.33. The minimum absolute atomic E-state index is 0.0137. The molecule has 1 atom stereocenters. The van der Waals surface area contributed by atoms with Gasteiger partial charge in [0.2, 0.25) is 0 Å². The van der Waals surface area contributed by atoms with Crippen molar-refractivity contribution in [3.05, 3.63) is 29.6 Å². The standard InChI is InChI=1S/C21H27F5N2O3/c1-15(21(24,25)26)31-19(29)27-10-6-20(7-11-27)5-2-9-28(20)14-16-3-4-17(23)18(13-16)30-12-8-22/h3-4,13,15H,2,5-12,14H2,1H3. The molecule has 0 aromatic heterocycles. The molecule has 1 aromatic carbocycles. The summed E-state index contributed by atoms with van der Waals surface area (Å²) >= 11 is 0. The van der Waals surface area contributed by atoms with Crippen molar-refractivity contribution in [2.45, 2.75) is 57.0 Å². The number of piperidine rings is 1. The highest BCUT2D eigenvalue weighted by molar-refractivity contribution is 5.68. The van der Waals surface area contributed by atoms with Crippen LogP contribution in [0.3, 0.4) is 0 Å². The molecular formula is C21H27F5N2O3. The van der Waals surface area contributed by atoms with Crippen molar-refractivity contribution in [3.8, 4) is 5.75 Å². The Bertz CT molecular complexity index is 766. The number of benzene rings is 1. The summed E-state index contributed by atoms with van der Waals surface area (Å²) in [4.78, 5) is 15.7. The van der Waals surface area contributed by atoms with Gasteiger partial charge in [-0.3, -0.25) is 4.90 Å². The van der Waals surface area contributed by atoms with Crippen molar-refractivity contribution in [2.75, 3.05) is 32.9 Å². The summed E-state index contributed by atoms with van der Waals surface area (Å²) < 4.78 is 73.8. The summed E-state index contributed by atoms with van der Waals surface area (Å²) in [5.41, 5.74) is 0.665. The zero-order valence-corrected chi connectivity index (χ0v) is 17.4. The number of hydrogen-bond donors (Lipinski definition) is 0. The van der Waals surface area contributed by atoms with Crippen LogP contribution in [0.2, 0.25) is 0 Å². The first kappa shape index (κ1) is 23.6. The smallest absolute Gasteiger partial charge is 0.425 e. The van der Waals surface area contributed by atoms with E-state index in [2.05, 4.69) is 9.64 Å². The summed E-state index contributed by atoms with van der Waals surface area (Å²) in [5, 5.41) is 0. The lowest BCUT2D eigenvalue weighted by Gasteiger charge is -2.45. The molecule has 2 fully saturated rings. The van der Waals surface area contributed by atoms with Crippen molar-refractivity contribution >= 4 is 6.09 Å². The number of hydrogen-bond acceptors (Lipinski definition) is 4. The highest BCUT2D eigenvalue weighted by Crippen LogP contribution is 2.40. The van der Waals surface area contributed by atoms with E-state index in [-0.39, 0.29) is 17.9 Å². The normalized spacial score (nSPS) is 20.1. The van der Waals surface area contributed by atoms with E-state index in [1.54, 1.807) is 12.1 Å². The van der Waals surface area contributed by atoms with Crippen LogP contribution in [0.4, 0.5) is 26.7 Å². The van der Waals surface area contributed by atoms with Crippen molar-refractivity contribution < 1.29 is 36.2 Å². The molecule has 1 aromatic rings. The first-order valence-corrected chi connectivity index (χ1v) is 10.4. The molecule has 3 rings (SSSR count). The van der Waals surface area contributed by atoms with Crippen molar-refractivity contribution in [1.29, 1.82) is 0 Å². The number of carbonyl (C=O) groups is 1. The van der Waals surface area contributed by atoms with E-state index in [0.29, 0.717) is 32.5 Å². The first-order valence-electron chi connectivity index (χ1n) is 10.4. The van der Waals surface area contributed by atoms with E-state index in [0.717, 1.165) is 31.9 Å². The zero-order chi connectivity index (χ0) is 22.6. The van der Waals surface area contributed by atoms with Gasteiger partial charge in [0, 0.05) is 25.2 Å². The third kappa shape index (κ3) is 5.58. The van der Waals surface area contributed by atoms with Crippen LogP contribution in [-0.4, -0.2) is 66.6 Å². The second kappa shape index (κ2) is 9.58. The van der Waals surface area contributed by atoms with Gasteiger partial charge in [-0.15, -0.1) is 0 Å². The lowest BCUT2D eigenvalue weighted by molar-refractivity contribution is -0.200. The lowest BCUT2D eigenvalue weighted by Crippen LogP contribution is -2.53. The van der Waals surface area contributed by atoms with Crippen LogP contribution in [0.15, 0.2) is 18.2 Å². The van der Waals surface area contributed by atoms with E-state index < -0.39 is 30.9 Å².